The lowest BCUT2D eigenvalue weighted by Gasteiger charge is -2.25. The Bertz CT molecular complexity index is 845. The van der Waals surface area contributed by atoms with Crippen molar-refractivity contribution in [1.29, 1.82) is 0 Å². The van der Waals surface area contributed by atoms with Crippen LogP contribution in [0.4, 0.5) is 0 Å². The second-order valence-electron chi connectivity index (χ2n) is 6.09. The number of amides is 2. The van der Waals surface area contributed by atoms with E-state index < -0.39 is 5.54 Å². The first-order valence-corrected chi connectivity index (χ1v) is 9.57. The van der Waals surface area contributed by atoms with Crippen LogP contribution in [-0.2, 0) is 4.79 Å². The highest BCUT2D eigenvalue weighted by Crippen LogP contribution is 2.37. The zero-order chi connectivity index (χ0) is 18.9. The van der Waals surface area contributed by atoms with E-state index in [9.17, 15) is 9.59 Å². The molecule has 1 N–H and O–H groups in total. The van der Waals surface area contributed by atoms with Crippen LogP contribution in [0.25, 0.3) is 5.82 Å². The van der Waals surface area contributed by atoms with E-state index in [4.69, 9.17) is 11.6 Å². The van der Waals surface area contributed by atoms with E-state index in [1.54, 1.807) is 29.3 Å². The van der Waals surface area contributed by atoms with Crippen molar-refractivity contribution in [2.75, 3.05) is 13.1 Å². The molecule has 2 heterocycles. The van der Waals surface area contributed by atoms with Crippen molar-refractivity contribution in [2.24, 2.45) is 0 Å². The van der Waals surface area contributed by atoms with E-state index in [1.165, 1.54) is 4.68 Å². The molecule has 26 heavy (non-hydrogen) atoms. The van der Waals surface area contributed by atoms with Gasteiger partial charge < -0.3 is 10.2 Å². The molecular weight excluding hydrogens is 422 g/mol. The monoisotopic (exact) mass is 439 g/mol. The van der Waals surface area contributed by atoms with Gasteiger partial charge in [-0.15, -0.1) is 0 Å². The Labute approximate surface area is 164 Å². The van der Waals surface area contributed by atoms with Crippen LogP contribution < -0.4 is 5.32 Å². The zero-order valence-corrected chi connectivity index (χ0v) is 16.8. The summed E-state index contributed by atoms with van der Waals surface area (Å²) >= 11 is 9.47. The first-order chi connectivity index (χ1) is 12.4. The number of rotatable bonds is 6. The van der Waals surface area contributed by atoms with E-state index in [-0.39, 0.29) is 17.5 Å². The largest absolute Gasteiger partial charge is 0.341 e. The summed E-state index contributed by atoms with van der Waals surface area (Å²) in [5.41, 5.74) is -0.561. The summed E-state index contributed by atoms with van der Waals surface area (Å²) < 4.78 is 1.85. The molecule has 0 aliphatic heterocycles. The third kappa shape index (κ3) is 3.48. The van der Waals surface area contributed by atoms with Gasteiger partial charge in [0, 0.05) is 25.4 Å². The molecule has 0 aromatic carbocycles. The predicted molar refractivity (Wildman–Crippen MR) is 101 cm³/mol. The number of likely N-dealkylation sites (N-methyl/N-ethyl adjacent to an activating group) is 1. The van der Waals surface area contributed by atoms with Crippen LogP contribution in [0, 0.1) is 0 Å². The van der Waals surface area contributed by atoms with Gasteiger partial charge in [0.15, 0.2) is 5.82 Å². The standard InChI is InChI=1S/C17H19BrClN5O2/c1-3-23(4-2)16(26)17(7-8-17)21-15(25)12-10-13(18)22-24(12)14-11(19)6-5-9-20-14/h5-6,9-10H,3-4,7-8H2,1-2H3,(H,21,25). The number of aromatic nitrogens is 3. The second-order valence-corrected chi connectivity index (χ2v) is 7.31. The third-order valence-electron chi connectivity index (χ3n) is 4.41. The molecule has 3 rings (SSSR count). The number of hydrogen-bond acceptors (Lipinski definition) is 4. The summed E-state index contributed by atoms with van der Waals surface area (Å²) in [7, 11) is 0. The van der Waals surface area contributed by atoms with Gasteiger partial charge in [0.05, 0.1) is 5.02 Å². The van der Waals surface area contributed by atoms with Crippen LogP contribution in [0.15, 0.2) is 29.0 Å². The van der Waals surface area contributed by atoms with Gasteiger partial charge in [-0.2, -0.15) is 5.10 Å². The van der Waals surface area contributed by atoms with Crippen molar-refractivity contribution in [3.05, 3.63) is 39.7 Å². The molecule has 2 aromatic heterocycles. The Hall–Kier alpha value is -1.93. The molecule has 1 aliphatic rings. The Morgan fingerprint density at radius 2 is 2.08 bits per heavy atom. The summed E-state index contributed by atoms with van der Waals surface area (Å²) in [6, 6.07) is 4.96. The van der Waals surface area contributed by atoms with Crippen LogP contribution in [0.3, 0.4) is 0 Å². The summed E-state index contributed by atoms with van der Waals surface area (Å²) in [5, 5.41) is 7.52. The van der Waals surface area contributed by atoms with Gasteiger partial charge in [-0.05, 0) is 54.8 Å². The minimum Gasteiger partial charge on any atom is -0.341 e. The van der Waals surface area contributed by atoms with Crippen molar-refractivity contribution in [3.8, 4) is 5.82 Å². The Balaban J connectivity index is 1.88. The van der Waals surface area contributed by atoms with E-state index >= 15 is 0 Å². The number of nitrogens with zero attached hydrogens (tertiary/aromatic N) is 4. The number of hydrogen-bond donors (Lipinski definition) is 1. The molecule has 0 atom stereocenters. The zero-order valence-electron chi connectivity index (χ0n) is 14.5. The lowest BCUT2D eigenvalue weighted by Crippen LogP contribution is -2.50. The molecule has 0 unspecified atom stereocenters. The molecule has 1 fully saturated rings. The first kappa shape index (κ1) is 18.8. The lowest BCUT2D eigenvalue weighted by molar-refractivity contribution is -0.134. The average Bonchev–Trinajstić information content (AvgIpc) is 3.30. The fraction of sp³-hybridized carbons (Fsp3) is 0.412. The predicted octanol–water partition coefficient (Wildman–Crippen LogP) is 2.81. The molecule has 0 spiro atoms. The summed E-state index contributed by atoms with van der Waals surface area (Å²) in [4.78, 5) is 31.5. The molecule has 1 aliphatic carbocycles. The number of halogens is 2. The van der Waals surface area contributed by atoms with Gasteiger partial charge in [0.25, 0.3) is 5.91 Å². The molecule has 9 heteroatoms. The minimum absolute atomic E-state index is 0.0446. The van der Waals surface area contributed by atoms with E-state index in [1.807, 2.05) is 13.8 Å². The normalized spacial score (nSPS) is 14.8. The number of nitrogens with one attached hydrogen (secondary N) is 1. The highest BCUT2D eigenvalue weighted by atomic mass is 79.9. The topological polar surface area (TPSA) is 80.1 Å². The van der Waals surface area contributed by atoms with Crippen LogP contribution in [-0.4, -0.2) is 50.1 Å². The molecule has 7 nitrogen and oxygen atoms in total. The van der Waals surface area contributed by atoms with Gasteiger partial charge in [0.1, 0.15) is 15.8 Å². The molecule has 0 bridgehead atoms. The molecule has 0 radical (unpaired) electrons. The van der Waals surface area contributed by atoms with Crippen LogP contribution in [0.2, 0.25) is 5.02 Å². The molecular formula is C17H19BrClN5O2. The van der Waals surface area contributed by atoms with Crippen LogP contribution >= 0.6 is 27.5 Å². The SMILES string of the molecule is CCN(CC)C(=O)C1(NC(=O)c2cc(Br)nn2-c2ncccc2Cl)CC1. The fourth-order valence-corrected chi connectivity index (χ4v) is 3.40. The number of carbonyl (C=O) groups excluding carboxylic acids is 2. The quantitative estimate of drug-likeness (QED) is 0.749. The second kappa shape index (κ2) is 7.36. The molecule has 2 aromatic rings. The Morgan fingerprint density at radius 3 is 2.65 bits per heavy atom. The van der Waals surface area contributed by atoms with E-state index in [2.05, 4.69) is 31.3 Å². The Kier molecular flexibility index (Phi) is 5.34. The maximum absolute atomic E-state index is 12.9. The highest BCUT2D eigenvalue weighted by Gasteiger charge is 2.53. The highest BCUT2D eigenvalue weighted by molar-refractivity contribution is 9.10. The van der Waals surface area contributed by atoms with Gasteiger partial charge in [-0.25, -0.2) is 9.67 Å². The molecule has 2 amide bonds. The lowest BCUT2D eigenvalue weighted by atomic mass is 10.2. The van der Waals surface area contributed by atoms with E-state index in [0.717, 1.165) is 0 Å². The van der Waals surface area contributed by atoms with Crippen LogP contribution in [0.1, 0.15) is 37.2 Å². The molecule has 1 saturated carbocycles. The molecule has 0 saturated heterocycles. The third-order valence-corrected chi connectivity index (χ3v) is 5.10. The van der Waals surface area contributed by atoms with E-state index in [0.29, 0.717) is 41.4 Å². The van der Waals surface area contributed by atoms with Gasteiger partial charge in [0.2, 0.25) is 5.91 Å². The van der Waals surface area contributed by atoms with Crippen LogP contribution in [0.5, 0.6) is 0 Å². The Morgan fingerprint density at radius 1 is 1.38 bits per heavy atom. The average molecular weight is 441 g/mol. The van der Waals surface area contributed by atoms with Crippen molar-refractivity contribution in [1.82, 2.24) is 25.0 Å². The van der Waals surface area contributed by atoms with Gasteiger partial charge in [-0.3, -0.25) is 9.59 Å². The van der Waals surface area contributed by atoms with Crippen molar-refractivity contribution < 1.29 is 9.59 Å². The molecule has 138 valence electrons. The first-order valence-electron chi connectivity index (χ1n) is 8.40. The van der Waals surface area contributed by atoms with Gasteiger partial charge >= 0.3 is 0 Å². The summed E-state index contributed by atoms with van der Waals surface area (Å²) in [6.07, 6.45) is 2.84. The maximum Gasteiger partial charge on any atom is 0.270 e. The smallest absolute Gasteiger partial charge is 0.270 e. The minimum atomic E-state index is -0.821. The van der Waals surface area contributed by atoms with Gasteiger partial charge in [-0.1, -0.05) is 11.6 Å². The maximum atomic E-state index is 12.9. The fourth-order valence-electron chi connectivity index (χ4n) is 2.82. The van der Waals surface area contributed by atoms with Crippen molar-refractivity contribution in [3.63, 3.8) is 0 Å². The number of carbonyl (C=O) groups is 2. The summed E-state index contributed by atoms with van der Waals surface area (Å²) in [6.45, 7) is 5.07. The number of pyridine rings is 1. The summed E-state index contributed by atoms with van der Waals surface area (Å²) in [5.74, 6) is -0.0790. The van der Waals surface area contributed by atoms with Crippen molar-refractivity contribution >= 4 is 39.3 Å². The van der Waals surface area contributed by atoms with Crippen molar-refractivity contribution in [2.45, 2.75) is 32.2 Å².